The second-order valence-corrected chi connectivity index (χ2v) is 6.77. The van der Waals surface area contributed by atoms with Crippen molar-refractivity contribution in [3.05, 3.63) is 17.5 Å². The Morgan fingerprint density at radius 2 is 2.09 bits per heavy atom. The fourth-order valence-corrected chi connectivity index (χ4v) is 4.22. The molecule has 120 valence electrons. The SMILES string of the molecule is O=C(C1CCCc2cn[nH]c21)N1CCC(N2CCNCC2)C1. The van der Waals surface area contributed by atoms with E-state index in [2.05, 4.69) is 25.3 Å². The summed E-state index contributed by atoms with van der Waals surface area (Å²) >= 11 is 0. The lowest BCUT2D eigenvalue weighted by Gasteiger charge is -2.33. The van der Waals surface area contributed by atoms with Gasteiger partial charge in [0.15, 0.2) is 0 Å². The van der Waals surface area contributed by atoms with Crippen molar-refractivity contribution in [1.82, 2.24) is 25.3 Å². The summed E-state index contributed by atoms with van der Waals surface area (Å²) in [5, 5.41) is 10.6. The number of aromatic nitrogens is 2. The van der Waals surface area contributed by atoms with Gasteiger partial charge in [0.05, 0.1) is 17.8 Å². The lowest BCUT2D eigenvalue weighted by atomic mass is 9.87. The number of aryl methyl sites for hydroxylation is 1. The number of H-pyrrole nitrogens is 1. The van der Waals surface area contributed by atoms with E-state index in [-0.39, 0.29) is 5.92 Å². The van der Waals surface area contributed by atoms with E-state index in [1.165, 1.54) is 5.56 Å². The van der Waals surface area contributed by atoms with E-state index < -0.39 is 0 Å². The zero-order valence-electron chi connectivity index (χ0n) is 13.1. The van der Waals surface area contributed by atoms with Gasteiger partial charge in [-0.2, -0.15) is 5.10 Å². The van der Waals surface area contributed by atoms with Crippen LogP contribution in [-0.2, 0) is 11.2 Å². The van der Waals surface area contributed by atoms with E-state index in [1.807, 2.05) is 6.20 Å². The van der Waals surface area contributed by atoms with Crippen LogP contribution < -0.4 is 5.32 Å². The van der Waals surface area contributed by atoms with E-state index in [4.69, 9.17) is 0 Å². The molecule has 1 amide bonds. The molecule has 2 fully saturated rings. The first-order chi connectivity index (χ1) is 10.8. The molecule has 2 saturated heterocycles. The number of piperazine rings is 1. The average molecular weight is 303 g/mol. The molecule has 2 N–H and O–H groups in total. The molecule has 1 aliphatic carbocycles. The number of likely N-dealkylation sites (tertiary alicyclic amines) is 1. The Bertz CT molecular complexity index is 536. The molecule has 22 heavy (non-hydrogen) atoms. The summed E-state index contributed by atoms with van der Waals surface area (Å²) in [6.45, 7) is 6.18. The number of carbonyl (C=O) groups excluding carboxylic acids is 1. The Kier molecular flexibility index (Phi) is 3.88. The molecule has 3 aliphatic rings. The molecular formula is C16H25N5O. The summed E-state index contributed by atoms with van der Waals surface area (Å²) in [4.78, 5) is 17.6. The van der Waals surface area contributed by atoms with Gasteiger partial charge in [-0.05, 0) is 31.2 Å². The maximum atomic E-state index is 12.9. The Morgan fingerprint density at radius 3 is 2.95 bits per heavy atom. The molecule has 2 aliphatic heterocycles. The highest BCUT2D eigenvalue weighted by Crippen LogP contribution is 2.32. The van der Waals surface area contributed by atoms with E-state index in [9.17, 15) is 4.79 Å². The highest BCUT2D eigenvalue weighted by atomic mass is 16.2. The minimum atomic E-state index is 0.00743. The van der Waals surface area contributed by atoms with E-state index in [0.717, 1.165) is 70.6 Å². The summed E-state index contributed by atoms with van der Waals surface area (Å²) in [5.41, 5.74) is 2.31. The van der Waals surface area contributed by atoms with Gasteiger partial charge >= 0.3 is 0 Å². The molecule has 4 rings (SSSR count). The largest absolute Gasteiger partial charge is 0.340 e. The average Bonchev–Trinajstić information content (AvgIpc) is 3.24. The Hall–Kier alpha value is -1.40. The minimum Gasteiger partial charge on any atom is -0.340 e. The maximum absolute atomic E-state index is 12.9. The highest BCUT2D eigenvalue weighted by Gasteiger charge is 2.36. The van der Waals surface area contributed by atoms with Crippen molar-refractivity contribution in [1.29, 1.82) is 0 Å². The molecular weight excluding hydrogens is 278 g/mol. The van der Waals surface area contributed by atoms with Gasteiger partial charge in [-0.3, -0.25) is 14.8 Å². The van der Waals surface area contributed by atoms with E-state index in [0.29, 0.717) is 11.9 Å². The normalized spacial score (nSPS) is 29.5. The van der Waals surface area contributed by atoms with Crippen molar-refractivity contribution in [3.63, 3.8) is 0 Å². The van der Waals surface area contributed by atoms with Crippen LogP contribution in [0, 0.1) is 0 Å². The van der Waals surface area contributed by atoms with Gasteiger partial charge in [-0.15, -0.1) is 0 Å². The maximum Gasteiger partial charge on any atom is 0.231 e. The van der Waals surface area contributed by atoms with Gasteiger partial charge in [0.2, 0.25) is 5.91 Å². The van der Waals surface area contributed by atoms with Crippen LogP contribution >= 0.6 is 0 Å². The van der Waals surface area contributed by atoms with Crippen LogP contribution in [0.15, 0.2) is 6.20 Å². The summed E-state index contributed by atoms with van der Waals surface area (Å²) in [6.07, 6.45) is 6.12. The van der Waals surface area contributed by atoms with Crippen LogP contribution in [0.3, 0.4) is 0 Å². The van der Waals surface area contributed by atoms with Crippen molar-refractivity contribution in [2.24, 2.45) is 0 Å². The fraction of sp³-hybridized carbons (Fsp3) is 0.750. The van der Waals surface area contributed by atoms with Gasteiger partial charge < -0.3 is 10.2 Å². The van der Waals surface area contributed by atoms with Crippen LogP contribution in [0.1, 0.15) is 36.4 Å². The molecule has 0 aromatic carbocycles. The predicted octanol–water partition coefficient (Wildman–Crippen LogP) is 0.336. The van der Waals surface area contributed by atoms with Crippen molar-refractivity contribution in [2.75, 3.05) is 39.3 Å². The number of nitrogens with one attached hydrogen (secondary N) is 2. The molecule has 0 bridgehead atoms. The first kappa shape index (κ1) is 14.2. The summed E-state index contributed by atoms with van der Waals surface area (Å²) in [6, 6.07) is 0.552. The van der Waals surface area contributed by atoms with Gasteiger partial charge in [0.25, 0.3) is 0 Å². The zero-order valence-corrected chi connectivity index (χ0v) is 13.1. The topological polar surface area (TPSA) is 64.3 Å². The number of nitrogens with zero attached hydrogens (tertiary/aromatic N) is 3. The zero-order chi connectivity index (χ0) is 14.9. The monoisotopic (exact) mass is 303 g/mol. The number of aromatic amines is 1. The predicted molar refractivity (Wildman–Crippen MR) is 83.7 cm³/mol. The third-order valence-corrected chi connectivity index (χ3v) is 5.48. The highest BCUT2D eigenvalue weighted by molar-refractivity contribution is 5.84. The quantitative estimate of drug-likeness (QED) is 0.827. The molecule has 0 saturated carbocycles. The van der Waals surface area contributed by atoms with Crippen LogP contribution in [0.2, 0.25) is 0 Å². The number of hydrogen-bond acceptors (Lipinski definition) is 4. The fourth-order valence-electron chi connectivity index (χ4n) is 4.22. The number of carbonyl (C=O) groups is 1. The van der Waals surface area contributed by atoms with Gasteiger partial charge in [-0.1, -0.05) is 0 Å². The second kappa shape index (κ2) is 6.01. The third-order valence-electron chi connectivity index (χ3n) is 5.48. The summed E-state index contributed by atoms with van der Waals surface area (Å²) in [7, 11) is 0. The molecule has 2 unspecified atom stereocenters. The molecule has 3 heterocycles. The van der Waals surface area contributed by atoms with Crippen molar-refractivity contribution < 1.29 is 4.79 Å². The molecule has 6 nitrogen and oxygen atoms in total. The van der Waals surface area contributed by atoms with Gasteiger partial charge in [-0.25, -0.2) is 0 Å². The molecule has 1 aromatic heterocycles. The van der Waals surface area contributed by atoms with E-state index in [1.54, 1.807) is 0 Å². The molecule has 1 aromatic rings. The smallest absolute Gasteiger partial charge is 0.231 e. The minimum absolute atomic E-state index is 0.00743. The van der Waals surface area contributed by atoms with Crippen LogP contribution in [0.4, 0.5) is 0 Å². The molecule has 0 radical (unpaired) electrons. The van der Waals surface area contributed by atoms with Crippen LogP contribution in [0.5, 0.6) is 0 Å². The number of rotatable bonds is 2. The molecule has 2 atom stereocenters. The first-order valence-corrected chi connectivity index (χ1v) is 8.58. The Morgan fingerprint density at radius 1 is 1.23 bits per heavy atom. The second-order valence-electron chi connectivity index (χ2n) is 6.77. The van der Waals surface area contributed by atoms with Crippen LogP contribution in [0.25, 0.3) is 0 Å². The lowest BCUT2D eigenvalue weighted by Crippen LogP contribution is -2.49. The van der Waals surface area contributed by atoms with Crippen LogP contribution in [-0.4, -0.2) is 71.2 Å². The van der Waals surface area contributed by atoms with E-state index >= 15 is 0 Å². The summed E-state index contributed by atoms with van der Waals surface area (Å²) in [5.74, 6) is 0.316. The molecule has 0 spiro atoms. The number of amides is 1. The third kappa shape index (κ3) is 2.54. The van der Waals surface area contributed by atoms with Crippen molar-refractivity contribution in [2.45, 2.75) is 37.6 Å². The van der Waals surface area contributed by atoms with Gasteiger partial charge in [0.1, 0.15) is 0 Å². The lowest BCUT2D eigenvalue weighted by molar-refractivity contribution is -0.132. The Balaban J connectivity index is 1.42. The number of fused-ring (bicyclic) bond motifs is 1. The standard InChI is InChI=1S/C16H25N5O/c22-16(14-3-1-2-12-10-18-19-15(12)14)21-7-4-13(11-21)20-8-5-17-6-9-20/h10,13-14,17H,1-9,11H2,(H,18,19). The first-order valence-electron chi connectivity index (χ1n) is 8.58. The van der Waals surface area contributed by atoms with Crippen molar-refractivity contribution >= 4 is 5.91 Å². The summed E-state index contributed by atoms with van der Waals surface area (Å²) < 4.78 is 0. The van der Waals surface area contributed by atoms with Gasteiger partial charge in [0, 0.05) is 45.3 Å². The number of hydrogen-bond donors (Lipinski definition) is 2. The van der Waals surface area contributed by atoms with Crippen molar-refractivity contribution in [3.8, 4) is 0 Å². The Labute approximate surface area is 131 Å². The molecule has 6 heteroatoms.